The molecule has 162 valence electrons. The highest BCUT2D eigenvalue weighted by Crippen LogP contribution is 2.17. The molecule has 0 aliphatic rings. The molecule has 0 spiro atoms. The van der Waals surface area contributed by atoms with E-state index in [2.05, 4.69) is 20.8 Å². The Hall–Kier alpha value is -3.55. The number of aromatic nitrogens is 2. The van der Waals surface area contributed by atoms with E-state index in [-0.39, 0.29) is 30.0 Å². The van der Waals surface area contributed by atoms with Gasteiger partial charge in [-0.25, -0.2) is 4.39 Å². The smallest absolute Gasteiger partial charge is 0.227 e. The van der Waals surface area contributed by atoms with E-state index < -0.39 is 0 Å². The fraction of sp³-hybridized carbons (Fsp3) is 0.304. The average molecular weight is 424 g/mol. The van der Waals surface area contributed by atoms with Crippen molar-refractivity contribution in [1.29, 1.82) is 0 Å². The van der Waals surface area contributed by atoms with Gasteiger partial charge < -0.3 is 15.2 Å². The zero-order valence-corrected chi connectivity index (χ0v) is 17.5. The van der Waals surface area contributed by atoms with E-state index in [4.69, 9.17) is 4.52 Å². The summed E-state index contributed by atoms with van der Waals surface area (Å²) in [6, 6.07) is 13.1. The molecule has 2 aromatic carbocycles. The molecule has 0 saturated heterocycles. The number of carbonyl (C=O) groups excluding carboxylic acids is 2. The zero-order chi connectivity index (χ0) is 22.2. The highest BCUT2D eigenvalue weighted by atomic mass is 19.1. The molecule has 2 amide bonds. The molecule has 3 aromatic rings. The van der Waals surface area contributed by atoms with Crippen LogP contribution < -0.4 is 10.6 Å². The van der Waals surface area contributed by atoms with Crippen molar-refractivity contribution in [1.82, 2.24) is 15.5 Å². The van der Waals surface area contributed by atoms with Gasteiger partial charge in [0.2, 0.25) is 23.5 Å². The molecule has 7 nitrogen and oxygen atoms in total. The minimum atomic E-state index is -0.340. The maximum atomic E-state index is 13.0. The predicted octanol–water partition coefficient (Wildman–Crippen LogP) is 4.11. The molecule has 0 unspecified atom stereocenters. The number of aryl methyl sites for hydroxylation is 1. The molecular formula is C23H25FN4O3. The van der Waals surface area contributed by atoms with Gasteiger partial charge in [0.25, 0.3) is 0 Å². The third-order valence-electron chi connectivity index (χ3n) is 4.43. The summed E-state index contributed by atoms with van der Waals surface area (Å²) in [5.41, 5.74) is 2.23. The summed E-state index contributed by atoms with van der Waals surface area (Å²) >= 11 is 0. The van der Waals surface area contributed by atoms with Gasteiger partial charge in [0, 0.05) is 37.1 Å². The Kier molecular flexibility index (Phi) is 7.48. The minimum absolute atomic E-state index is 0.0317. The number of amides is 2. The van der Waals surface area contributed by atoms with E-state index >= 15 is 0 Å². The molecule has 0 aliphatic heterocycles. The number of hydrogen-bond donors (Lipinski definition) is 2. The van der Waals surface area contributed by atoms with Crippen molar-refractivity contribution >= 4 is 17.5 Å². The fourth-order valence-corrected chi connectivity index (χ4v) is 2.92. The van der Waals surface area contributed by atoms with Crippen molar-refractivity contribution in [3.8, 4) is 11.4 Å². The summed E-state index contributed by atoms with van der Waals surface area (Å²) < 4.78 is 18.2. The van der Waals surface area contributed by atoms with Crippen LogP contribution in [0.5, 0.6) is 0 Å². The Balaban J connectivity index is 1.46. The molecule has 0 fully saturated rings. The van der Waals surface area contributed by atoms with Crippen molar-refractivity contribution in [3.05, 3.63) is 65.8 Å². The van der Waals surface area contributed by atoms with Gasteiger partial charge in [-0.15, -0.1) is 0 Å². The van der Waals surface area contributed by atoms with Gasteiger partial charge in [0.15, 0.2) is 0 Å². The van der Waals surface area contributed by atoms with Crippen LogP contribution in [0, 0.1) is 11.7 Å². The molecule has 3 rings (SSSR count). The Bertz CT molecular complexity index is 1030. The number of halogens is 1. The second-order valence-electron chi connectivity index (χ2n) is 7.64. The third kappa shape index (κ3) is 7.02. The lowest BCUT2D eigenvalue weighted by Crippen LogP contribution is -2.23. The third-order valence-corrected chi connectivity index (χ3v) is 4.43. The maximum Gasteiger partial charge on any atom is 0.227 e. The Morgan fingerprint density at radius 1 is 1.10 bits per heavy atom. The van der Waals surface area contributed by atoms with E-state index in [0.717, 1.165) is 5.56 Å². The molecule has 2 N–H and O–H groups in total. The molecule has 0 saturated carbocycles. The first kappa shape index (κ1) is 22.1. The summed E-state index contributed by atoms with van der Waals surface area (Å²) in [6.07, 6.45) is 0.945. The number of nitrogens with zero attached hydrogens (tertiary/aromatic N) is 2. The predicted molar refractivity (Wildman–Crippen MR) is 114 cm³/mol. The summed E-state index contributed by atoms with van der Waals surface area (Å²) in [5.74, 6) is 0.448. The van der Waals surface area contributed by atoms with Gasteiger partial charge in [-0.1, -0.05) is 31.1 Å². The first-order valence-corrected chi connectivity index (χ1v) is 10.1. The number of anilines is 1. The van der Waals surface area contributed by atoms with E-state index in [9.17, 15) is 14.0 Å². The van der Waals surface area contributed by atoms with Gasteiger partial charge in [0.05, 0.1) is 0 Å². The lowest BCUT2D eigenvalue weighted by atomic mass is 10.1. The largest absolute Gasteiger partial charge is 0.352 e. The van der Waals surface area contributed by atoms with Crippen molar-refractivity contribution in [3.63, 3.8) is 0 Å². The van der Waals surface area contributed by atoms with Gasteiger partial charge in [-0.2, -0.15) is 4.98 Å². The molecule has 8 heteroatoms. The van der Waals surface area contributed by atoms with Crippen molar-refractivity contribution in [2.75, 3.05) is 5.32 Å². The maximum absolute atomic E-state index is 13.0. The van der Waals surface area contributed by atoms with Crippen LogP contribution in [0.2, 0.25) is 0 Å². The molecule has 31 heavy (non-hydrogen) atoms. The molecule has 0 aliphatic carbocycles. The molecule has 0 atom stereocenters. The molecule has 1 aromatic heterocycles. The normalized spacial score (nSPS) is 10.8. The van der Waals surface area contributed by atoms with Crippen LogP contribution in [0.15, 0.2) is 53.1 Å². The highest BCUT2D eigenvalue weighted by Gasteiger charge is 2.11. The zero-order valence-electron chi connectivity index (χ0n) is 17.5. The van der Waals surface area contributed by atoms with Crippen LogP contribution in [0.4, 0.5) is 10.1 Å². The van der Waals surface area contributed by atoms with Gasteiger partial charge in [-0.3, -0.25) is 9.59 Å². The molecular weight excluding hydrogens is 399 g/mol. The van der Waals surface area contributed by atoms with Crippen molar-refractivity contribution in [2.24, 2.45) is 5.92 Å². The molecule has 0 radical (unpaired) electrons. The quantitative estimate of drug-likeness (QED) is 0.539. The van der Waals surface area contributed by atoms with Crippen LogP contribution >= 0.6 is 0 Å². The van der Waals surface area contributed by atoms with Gasteiger partial charge >= 0.3 is 0 Å². The number of benzene rings is 2. The Morgan fingerprint density at radius 2 is 1.87 bits per heavy atom. The van der Waals surface area contributed by atoms with Gasteiger partial charge in [0.1, 0.15) is 5.82 Å². The first-order chi connectivity index (χ1) is 14.9. The SMILES string of the molecule is CC(C)CC(=O)Nc1cccc(CNC(=O)CCc2nc(-c3ccc(F)cc3)no2)c1. The Labute approximate surface area is 180 Å². The topological polar surface area (TPSA) is 97.1 Å². The van der Waals surface area contributed by atoms with Crippen LogP contribution in [-0.2, 0) is 22.6 Å². The fourth-order valence-electron chi connectivity index (χ4n) is 2.92. The number of hydrogen-bond acceptors (Lipinski definition) is 5. The molecule has 1 heterocycles. The first-order valence-electron chi connectivity index (χ1n) is 10.1. The van der Waals surface area contributed by atoms with E-state index in [1.807, 2.05) is 38.1 Å². The standard InChI is InChI=1S/C23H25FN4O3/c1-15(2)12-21(30)26-19-5-3-4-16(13-19)14-25-20(29)10-11-22-27-23(28-31-22)17-6-8-18(24)9-7-17/h3-9,13,15H,10-12,14H2,1-2H3,(H,25,29)(H,26,30). The second kappa shape index (κ2) is 10.5. The van der Waals surface area contributed by atoms with Gasteiger partial charge in [-0.05, 0) is 47.9 Å². The lowest BCUT2D eigenvalue weighted by Gasteiger charge is -2.09. The van der Waals surface area contributed by atoms with Crippen LogP contribution in [0.3, 0.4) is 0 Å². The highest BCUT2D eigenvalue weighted by molar-refractivity contribution is 5.90. The Morgan fingerprint density at radius 3 is 2.61 bits per heavy atom. The summed E-state index contributed by atoms with van der Waals surface area (Å²) in [4.78, 5) is 28.3. The second-order valence-corrected chi connectivity index (χ2v) is 7.64. The summed E-state index contributed by atoms with van der Waals surface area (Å²) in [7, 11) is 0. The van der Waals surface area contributed by atoms with Crippen LogP contribution in [-0.4, -0.2) is 22.0 Å². The van der Waals surface area contributed by atoms with E-state index in [1.54, 1.807) is 12.1 Å². The lowest BCUT2D eigenvalue weighted by molar-refractivity contribution is -0.121. The summed E-state index contributed by atoms with van der Waals surface area (Å²) in [6.45, 7) is 4.32. The van der Waals surface area contributed by atoms with Crippen molar-refractivity contribution in [2.45, 2.75) is 39.7 Å². The van der Waals surface area contributed by atoms with E-state index in [0.29, 0.717) is 42.4 Å². The summed E-state index contributed by atoms with van der Waals surface area (Å²) in [5, 5.41) is 9.57. The molecule has 0 bridgehead atoms. The van der Waals surface area contributed by atoms with Crippen LogP contribution in [0.25, 0.3) is 11.4 Å². The monoisotopic (exact) mass is 424 g/mol. The average Bonchev–Trinajstić information content (AvgIpc) is 3.20. The number of carbonyl (C=O) groups is 2. The number of rotatable bonds is 9. The van der Waals surface area contributed by atoms with Crippen LogP contribution in [0.1, 0.15) is 38.1 Å². The number of nitrogens with one attached hydrogen (secondary N) is 2. The van der Waals surface area contributed by atoms with Crippen molar-refractivity contribution < 1.29 is 18.5 Å². The minimum Gasteiger partial charge on any atom is -0.352 e. The van der Waals surface area contributed by atoms with E-state index in [1.165, 1.54) is 12.1 Å².